The Labute approximate surface area is 138 Å². The first kappa shape index (κ1) is 15.7. The maximum absolute atomic E-state index is 11.9. The van der Waals surface area contributed by atoms with E-state index < -0.39 is 0 Å². The van der Waals surface area contributed by atoms with Crippen molar-refractivity contribution in [3.05, 3.63) is 68.3 Å². The van der Waals surface area contributed by atoms with Crippen LogP contribution in [0.2, 0.25) is 0 Å². The first-order valence-electron chi connectivity index (χ1n) is 6.68. The predicted octanol–water partition coefficient (Wildman–Crippen LogP) is 3.60. The predicted molar refractivity (Wildman–Crippen MR) is 94.5 cm³/mol. The number of carbonyl (C=O) groups is 1. The highest BCUT2D eigenvalue weighted by molar-refractivity contribution is 14.1. The molecule has 2 aromatic rings. The van der Waals surface area contributed by atoms with Gasteiger partial charge in [-0.2, -0.15) is 5.10 Å². The summed E-state index contributed by atoms with van der Waals surface area (Å²) in [6, 6.07) is 14.0. The molecule has 21 heavy (non-hydrogen) atoms. The third kappa shape index (κ3) is 4.97. The number of nitrogens with one attached hydrogen (secondary N) is 1. The summed E-state index contributed by atoms with van der Waals surface area (Å²) >= 11 is 2.25. The van der Waals surface area contributed by atoms with E-state index in [9.17, 15) is 4.79 Å². The molecule has 108 valence electrons. The second-order valence-corrected chi connectivity index (χ2v) is 6.20. The van der Waals surface area contributed by atoms with Gasteiger partial charge in [0.15, 0.2) is 0 Å². The first-order valence-corrected chi connectivity index (χ1v) is 7.76. The van der Waals surface area contributed by atoms with Gasteiger partial charge < -0.3 is 0 Å². The van der Waals surface area contributed by atoms with Crippen molar-refractivity contribution >= 4 is 34.7 Å². The molecule has 2 aromatic carbocycles. The van der Waals surface area contributed by atoms with E-state index >= 15 is 0 Å². The Balaban J connectivity index is 1.91. The fraction of sp³-hybridized carbons (Fsp3) is 0.176. The molecule has 0 saturated heterocycles. The van der Waals surface area contributed by atoms with Crippen LogP contribution in [0.25, 0.3) is 0 Å². The Morgan fingerprint density at radius 2 is 1.90 bits per heavy atom. The van der Waals surface area contributed by atoms with Crippen LogP contribution in [0.15, 0.2) is 47.6 Å². The van der Waals surface area contributed by atoms with Crippen LogP contribution in [-0.2, 0) is 11.2 Å². The number of carbonyl (C=O) groups excluding carboxylic acids is 1. The van der Waals surface area contributed by atoms with Gasteiger partial charge in [-0.05, 0) is 65.3 Å². The summed E-state index contributed by atoms with van der Waals surface area (Å²) in [6.45, 7) is 4.06. The number of halogens is 1. The number of hydrogen-bond donors (Lipinski definition) is 1. The molecule has 3 nitrogen and oxygen atoms in total. The fourth-order valence-corrected chi connectivity index (χ4v) is 2.34. The van der Waals surface area contributed by atoms with Crippen LogP contribution in [0.3, 0.4) is 0 Å². The van der Waals surface area contributed by atoms with E-state index in [1.54, 1.807) is 6.21 Å². The first-order chi connectivity index (χ1) is 10.0. The minimum absolute atomic E-state index is 0.108. The zero-order valence-corrected chi connectivity index (χ0v) is 14.2. The van der Waals surface area contributed by atoms with Crippen LogP contribution >= 0.6 is 22.6 Å². The molecule has 0 aliphatic rings. The molecule has 0 unspecified atom stereocenters. The maximum atomic E-state index is 11.9. The van der Waals surface area contributed by atoms with Crippen molar-refractivity contribution < 1.29 is 4.79 Å². The van der Waals surface area contributed by atoms with E-state index in [1.165, 1.54) is 9.13 Å². The van der Waals surface area contributed by atoms with Gasteiger partial charge in [-0.3, -0.25) is 4.79 Å². The normalized spacial score (nSPS) is 10.8. The van der Waals surface area contributed by atoms with Gasteiger partial charge >= 0.3 is 0 Å². The SMILES string of the molecule is Cc1ccc(CC(=O)N/N=C/c2ccc(I)cc2)c(C)c1. The van der Waals surface area contributed by atoms with Gasteiger partial charge in [-0.1, -0.05) is 35.9 Å². The molecular weight excluding hydrogens is 375 g/mol. The highest BCUT2D eigenvalue weighted by Crippen LogP contribution is 2.11. The van der Waals surface area contributed by atoms with Gasteiger partial charge in [0.05, 0.1) is 12.6 Å². The van der Waals surface area contributed by atoms with Crippen molar-refractivity contribution in [1.82, 2.24) is 5.43 Å². The minimum Gasteiger partial charge on any atom is -0.273 e. The van der Waals surface area contributed by atoms with E-state index in [0.29, 0.717) is 6.42 Å². The van der Waals surface area contributed by atoms with Crippen LogP contribution in [0.5, 0.6) is 0 Å². The van der Waals surface area contributed by atoms with Crippen LogP contribution in [-0.4, -0.2) is 12.1 Å². The summed E-state index contributed by atoms with van der Waals surface area (Å²) in [7, 11) is 0. The maximum Gasteiger partial charge on any atom is 0.244 e. The third-order valence-electron chi connectivity index (χ3n) is 3.12. The van der Waals surface area contributed by atoms with Crippen molar-refractivity contribution in [2.45, 2.75) is 20.3 Å². The Morgan fingerprint density at radius 1 is 1.19 bits per heavy atom. The Kier molecular flexibility index (Phi) is 5.50. The lowest BCUT2D eigenvalue weighted by Gasteiger charge is -2.05. The standard InChI is InChI=1S/C17H17IN2O/c1-12-3-6-15(13(2)9-12)10-17(21)20-19-11-14-4-7-16(18)8-5-14/h3-9,11H,10H2,1-2H3,(H,20,21)/b19-11+. The molecule has 1 amide bonds. The summed E-state index contributed by atoms with van der Waals surface area (Å²) in [4.78, 5) is 11.9. The van der Waals surface area contributed by atoms with Crippen LogP contribution in [0.4, 0.5) is 0 Å². The zero-order chi connectivity index (χ0) is 15.2. The van der Waals surface area contributed by atoms with Gasteiger partial charge in [-0.25, -0.2) is 5.43 Å². The number of hydrogen-bond acceptors (Lipinski definition) is 2. The van der Waals surface area contributed by atoms with Gasteiger partial charge in [0.25, 0.3) is 0 Å². The van der Waals surface area contributed by atoms with E-state index in [0.717, 1.165) is 16.7 Å². The lowest BCUT2D eigenvalue weighted by molar-refractivity contribution is -0.120. The highest BCUT2D eigenvalue weighted by atomic mass is 127. The smallest absolute Gasteiger partial charge is 0.244 e. The van der Waals surface area contributed by atoms with E-state index in [1.807, 2.05) is 50.2 Å². The quantitative estimate of drug-likeness (QED) is 0.482. The number of rotatable bonds is 4. The summed E-state index contributed by atoms with van der Waals surface area (Å²) in [5.41, 5.74) is 6.89. The third-order valence-corrected chi connectivity index (χ3v) is 3.84. The van der Waals surface area contributed by atoms with Gasteiger partial charge in [0, 0.05) is 3.57 Å². The Hall–Kier alpha value is -1.69. The Morgan fingerprint density at radius 3 is 2.57 bits per heavy atom. The number of benzene rings is 2. The molecule has 0 atom stereocenters. The summed E-state index contributed by atoms with van der Waals surface area (Å²) < 4.78 is 1.17. The van der Waals surface area contributed by atoms with Crippen LogP contribution < -0.4 is 5.43 Å². The highest BCUT2D eigenvalue weighted by Gasteiger charge is 2.04. The molecule has 0 radical (unpaired) electrons. The van der Waals surface area contributed by atoms with Crippen LogP contribution in [0, 0.1) is 17.4 Å². The van der Waals surface area contributed by atoms with Crippen molar-refractivity contribution in [3.8, 4) is 0 Å². The molecule has 4 heteroatoms. The Bertz CT molecular complexity index is 663. The van der Waals surface area contributed by atoms with Crippen LogP contribution in [0.1, 0.15) is 22.3 Å². The molecule has 0 heterocycles. The molecule has 0 fully saturated rings. The molecule has 0 aromatic heterocycles. The number of aryl methyl sites for hydroxylation is 2. The van der Waals surface area contributed by atoms with Crippen molar-refractivity contribution in [3.63, 3.8) is 0 Å². The lowest BCUT2D eigenvalue weighted by Crippen LogP contribution is -2.20. The zero-order valence-electron chi connectivity index (χ0n) is 12.1. The second-order valence-electron chi connectivity index (χ2n) is 4.95. The average molecular weight is 392 g/mol. The summed E-state index contributed by atoms with van der Waals surface area (Å²) in [6.07, 6.45) is 1.99. The fourth-order valence-electron chi connectivity index (χ4n) is 1.98. The number of hydrazone groups is 1. The molecule has 0 bridgehead atoms. The largest absolute Gasteiger partial charge is 0.273 e. The van der Waals surface area contributed by atoms with Gasteiger partial charge in [-0.15, -0.1) is 0 Å². The molecule has 1 N–H and O–H groups in total. The number of amides is 1. The monoisotopic (exact) mass is 392 g/mol. The summed E-state index contributed by atoms with van der Waals surface area (Å²) in [5, 5.41) is 3.99. The topological polar surface area (TPSA) is 41.5 Å². The lowest BCUT2D eigenvalue weighted by atomic mass is 10.0. The average Bonchev–Trinajstić information content (AvgIpc) is 2.44. The van der Waals surface area contributed by atoms with E-state index in [-0.39, 0.29) is 5.91 Å². The van der Waals surface area contributed by atoms with Gasteiger partial charge in [0.1, 0.15) is 0 Å². The second kappa shape index (κ2) is 7.36. The molecule has 0 spiro atoms. The van der Waals surface area contributed by atoms with Crippen molar-refractivity contribution in [1.29, 1.82) is 0 Å². The molecule has 2 rings (SSSR count). The van der Waals surface area contributed by atoms with Crippen molar-refractivity contribution in [2.75, 3.05) is 0 Å². The summed E-state index contributed by atoms with van der Waals surface area (Å²) in [5.74, 6) is -0.108. The number of nitrogens with zero attached hydrogens (tertiary/aromatic N) is 1. The van der Waals surface area contributed by atoms with Crippen molar-refractivity contribution in [2.24, 2.45) is 5.10 Å². The molecular formula is C17H17IN2O. The molecule has 0 aliphatic carbocycles. The molecule has 0 saturated carbocycles. The van der Waals surface area contributed by atoms with E-state index in [4.69, 9.17) is 0 Å². The van der Waals surface area contributed by atoms with Gasteiger partial charge in [0.2, 0.25) is 5.91 Å². The minimum atomic E-state index is -0.108. The van der Waals surface area contributed by atoms with E-state index in [2.05, 4.69) is 39.2 Å². The molecule has 0 aliphatic heterocycles.